The smallest absolute Gasteiger partial charge is 0.289 e. The SMILES string of the molecule is CN(C)c1cccc(C(=O)N2CCC(N3C(=O)CSC3=O)CC2)c1. The number of benzene rings is 1. The van der Waals surface area contributed by atoms with Crippen LogP contribution in [0.1, 0.15) is 23.2 Å². The van der Waals surface area contributed by atoms with Crippen LogP contribution in [0.25, 0.3) is 0 Å². The minimum Gasteiger partial charge on any atom is -0.378 e. The lowest BCUT2D eigenvalue weighted by Crippen LogP contribution is -2.48. The first-order valence-corrected chi connectivity index (χ1v) is 9.01. The summed E-state index contributed by atoms with van der Waals surface area (Å²) in [6, 6.07) is 7.49. The third-order valence-corrected chi connectivity index (χ3v) is 5.35. The van der Waals surface area contributed by atoms with Crippen molar-refractivity contribution < 1.29 is 14.4 Å². The number of carbonyl (C=O) groups is 3. The average molecular weight is 347 g/mol. The van der Waals surface area contributed by atoms with E-state index < -0.39 is 0 Å². The normalized spacial score (nSPS) is 19.1. The van der Waals surface area contributed by atoms with E-state index in [1.165, 1.54) is 4.90 Å². The minimum absolute atomic E-state index is 0.00519. The highest BCUT2D eigenvalue weighted by atomic mass is 32.2. The Balaban J connectivity index is 1.64. The van der Waals surface area contributed by atoms with E-state index in [9.17, 15) is 14.4 Å². The van der Waals surface area contributed by atoms with Gasteiger partial charge in [-0.15, -0.1) is 0 Å². The van der Waals surface area contributed by atoms with E-state index in [4.69, 9.17) is 0 Å². The van der Waals surface area contributed by atoms with E-state index in [1.54, 1.807) is 0 Å². The van der Waals surface area contributed by atoms with Gasteiger partial charge < -0.3 is 9.80 Å². The highest BCUT2D eigenvalue weighted by molar-refractivity contribution is 8.14. The van der Waals surface area contributed by atoms with Crippen molar-refractivity contribution in [1.29, 1.82) is 0 Å². The molecule has 0 atom stereocenters. The fraction of sp³-hybridized carbons (Fsp3) is 0.471. The molecule has 2 fully saturated rings. The van der Waals surface area contributed by atoms with Gasteiger partial charge in [0.15, 0.2) is 0 Å². The van der Waals surface area contributed by atoms with Gasteiger partial charge in [0.25, 0.3) is 11.1 Å². The van der Waals surface area contributed by atoms with Gasteiger partial charge in [0, 0.05) is 44.5 Å². The summed E-state index contributed by atoms with van der Waals surface area (Å²) in [5, 5.41) is -0.150. The van der Waals surface area contributed by atoms with Crippen molar-refractivity contribution in [2.24, 2.45) is 0 Å². The summed E-state index contributed by atoms with van der Waals surface area (Å²) < 4.78 is 0. The van der Waals surface area contributed by atoms with Crippen molar-refractivity contribution in [2.45, 2.75) is 18.9 Å². The molecule has 7 heteroatoms. The van der Waals surface area contributed by atoms with Crippen LogP contribution in [0.4, 0.5) is 10.5 Å². The first kappa shape index (κ1) is 16.8. The van der Waals surface area contributed by atoms with Crippen molar-refractivity contribution >= 4 is 34.5 Å². The van der Waals surface area contributed by atoms with Crippen LogP contribution in [0, 0.1) is 0 Å². The highest BCUT2D eigenvalue weighted by Gasteiger charge is 2.38. The summed E-state index contributed by atoms with van der Waals surface area (Å²) in [4.78, 5) is 41.5. The van der Waals surface area contributed by atoms with Gasteiger partial charge in [-0.05, 0) is 31.0 Å². The number of nitrogens with zero attached hydrogens (tertiary/aromatic N) is 3. The van der Waals surface area contributed by atoms with Crippen LogP contribution in [0.2, 0.25) is 0 Å². The Morgan fingerprint density at radius 2 is 1.92 bits per heavy atom. The minimum atomic E-state index is -0.150. The summed E-state index contributed by atoms with van der Waals surface area (Å²) in [6.07, 6.45) is 1.30. The lowest BCUT2D eigenvalue weighted by atomic mass is 10.0. The van der Waals surface area contributed by atoms with E-state index in [2.05, 4.69) is 0 Å². The largest absolute Gasteiger partial charge is 0.378 e. The molecule has 0 aliphatic carbocycles. The first-order valence-electron chi connectivity index (χ1n) is 8.03. The van der Waals surface area contributed by atoms with Crippen LogP contribution in [0.3, 0.4) is 0 Å². The van der Waals surface area contributed by atoms with E-state index in [1.807, 2.05) is 48.2 Å². The zero-order chi connectivity index (χ0) is 17.3. The Hall–Kier alpha value is -2.02. The second kappa shape index (κ2) is 6.84. The number of piperidine rings is 1. The molecule has 1 aromatic carbocycles. The molecule has 0 saturated carbocycles. The molecule has 2 heterocycles. The van der Waals surface area contributed by atoms with Crippen molar-refractivity contribution in [3.8, 4) is 0 Å². The third kappa shape index (κ3) is 3.26. The quantitative estimate of drug-likeness (QED) is 0.837. The number of thioether (sulfide) groups is 1. The van der Waals surface area contributed by atoms with Gasteiger partial charge in [0.05, 0.1) is 5.75 Å². The van der Waals surface area contributed by atoms with Crippen molar-refractivity contribution in [1.82, 2.24) is 9.80 Å². The van der Waals surface area contributed by atoms with Crippen molar-refractivity contribution in [3.05, 3.63) is 29.8 Å². The van der Waals surface area contributed by atoms with Gasteiger partial charge in [0.2, 0.25) is 5.91 Å². The Labute approximate surface area is 145 Å². The third-order valence-electron chi connectivity index (χ3n) is 4.51. The molecule has 2 aliphatic rings. The molecule has 0 radical (unpaired) electrons. The summed E-state index contributed by atoms with van der Waals surface area (Å²) >= 11 is 1.07. The predicted octanol–water partition coefficient (Wildman–Crippen LogP) is 2.05. The molecule has 24 heavy (non-hydrogen) atoms. The Morgan fingerprint density at radius 1 is 1.21 bits per heavy atom. The second-order valence-corrected chi connectivity index (χ2v) is 7.21. The second-order valence-electron chi connectivity index (χ2n) is 6.29. The maximum atomic E-state index is 12.7. The summed E-state index contributed by atoms with van der Waals surface area (Å²) in [7, 11) is 3.88. The number of amides is 3. The average Bonchev–Trinajstić information content (AvgIpc) is 2.93. The molecular weight excluding hydrogens is 326 g/mol. The fourth-order valence-electron chi connectivity index (χ4n) is 3.14. The number of hydrogen-bond acceptors (Lipinski definition) is 5. The van der Waals surface area contributed by atoms with Crippen LogP contribution in [-0.4, -0.2) is 65.8 Å². The predicted molar refractivity (Wildman–Crippen MR) is 94.4 cm³/mol. The number of carbonyl (C=O) groups excluding carboxylic acids is 3. The Kier molecular flexibility index (Phi) is 4.80. The molecule has 128 valence electrons. The van der Waals surface area contributed by atoms with Gasteiger partial charge in [-0.25, -0.2) is 0 Å². The number of anilines is 1. The van der Waals surface area contributed by atoms with E-state index >= 15 is 0 Å². The lowest BCUT2D eigenvalue weighted by molar-refractivity contribution is -0.126. The summed E-state index contributed by atoms with van der Waals surface area (Å²) in [5.74, 6) is 0.147. The maximum absolute atomic E-state index is 12.7. The molecule has 2 saturated heterocycles. The fourth-order valence-corrected chi connectivity index (χ4v) is 3.92. The van der Waals surface area contributed by atoms with Gasteiger partial charge in [0.1, 0.15) is 0 Å². The van der Waals surface area contributed by atoms with E-state index in [-0.39, 0.29) is 28.8 Å². The van der Waals surface area contributed by atoms with Crippen LogP contribution >= 0.6 is 11.8 Å². The molecule has 2 aliphatic heterocycles. The molecule has 3 rings (SSSR count). The zero-order valence-electron chi connectivity index (χ0n) is 13.9. The molecule has 3 amide bonds. The van der Waals surface area contributed by atoms with Gasteiger partial charge in [-0.1, -0.05) is 17.8 Å². The number of hydrogen-bond donors (Lipinski definition) is 0. The molecule has 1 aromatic rings. The Bertz CT molecular complexity index is 653. The standard InChI is InChI=1S/C17H21N3O3S/c1-18(2)14-5-3-4-12(10-14)16(22)19-8-6-13(7-9-19)20-15(21)11-24-17(20)23/h3-5,10,13H,6-9,11H2,1-2H3. The van der Waals surface area contributed by atoms with Gasteiger partial charge in [-0.3, -0.25) is 19.3 Å². The molecule has 0 aromatic heterocycles. The van der Waals surface area contributed by atoms with E-state index in [0.29, 0.717) is 31.5 Å². The topological polar surface area (TPSA) is 60.9 Å². The zero-order valence-corrected chi connectivity index (χ0v) is 14.7. The number of likely N-dealkylation sites (tertiary alicyclic amines) is 1. The maximum Gasteiger partial charge on any atom is 0.289 e. The summed E-state index contributed by atoms with van der Waals surface area (Å²) in [5.41, 5.74) is 1.66. The monoisotopic (exact) mass is 347 g/mol. The number of rotatable bonds is 3. The molecular formula is C17H21N3O3S. The van der Waals surface area contributed by atoms with Gasteiger partial charge >= 0.3 is 0 Å². The Morgan fingerprint density at radius 3 is 2.50 bits per heavy atom. The van der Waals surface area contributed by atoms with Crippen molar-refractivity contribution in [2.75, 3.05) is 37.8 Å². The van der Waals surface area contributed by atoms with Crippen LogP contribution in [0.15, 0.2) is 24.3 Å². The highest BCUT2D eigenvalue weighted by Crippen LogP contribution is 2.27. The van der Waals surface area contributed by atoms with Gasteiger partial charge in [-0.2, -0.15) is 0 Å². The summed E-state index contributed by atoms with van der Waals surface area (Å²) in [6.45, 7) is 1.13. The first-order chi connectivity index (χ1) is 11.5. The molecule has 6 nitrogen and oxygen atoms in total. The van der Waals surface area contributed by atoms with Crippen LogP contribution in [-0.2, 0) is 4.79 Å². The van der Waals surface area contributed by atoms with E-state index in [0.717, 1.165) is 17.4 Å². The molecule has 0 bridgehead atoms. The molecule has 0 N–H and O–H groups in total. The molecule has 0 spiro atoms. The lowest BCUT2D eigenvalue weighted by Gasteiger charge is -2.35. The van der Waals surface area contributed by atoms with Crippen molar-refractivity contribution in [3.63, 3.8) is 0 Å². The number of imide groups is 1. The van der Waals surface area contributed by atoms with Crippen LogP contribution in [0.5, 0.6) is 0 Å². The van der Waals surface area contributed by atoms with Crippen LogP contribution < -0.4 is 4.90 Å². The molecule has 0 unspecified atom stereocenters.